The Morgan fingerprint density at radius 3 is 2.47 bits per heavy atom. The number of sulfonamides is 1. The molecule has 1 rings (SSSR count). The summed E-state index contributed by atoms with van der Waals surface area (Å²) in [6.07, 6.45) is 2.66. The molecule has 0 aromatic carbocycles. The first-order chi connectivity index (χ1) is 6.94. The van der Waals surface area contributed by atoms with Crippen LogP contribution in [0.1, 0.15) is 26.2 Å². The topological polar surface area (TPSA) is 98.2 Å². The minimum atomic E-state index is -3.07. The van der Waals surface area contributed by atoms with Gasteiger partial charge in [-0.1, -0.05) is 0 Å². The monoisotopic (exact) mass is 235 g/mol. The molecule has 0 radical (unpaired) electrons. The molecule has 1 saturated carbocycles. The minimum Gasteiger partial charge on any atom is -0.326 e. The van der Waals surface area contributed by atoms with Gasteiger partial charge in [0.1, 0.15) is 0 Å². The van der Waals surface area contributed by atoms with E-state index in [1.54, 1.807) is 6.92 Å². The number of nitrogens with one attached hydrogen (secondary N) is 1. The molecular formula is C9H21N3O2S. The molecule has 0 aromatic rings. The highest BCUT2D eigenvalue weighted by Crippen LogP contribution is 2.21. The lowest BCUT2D eigenvalue weighted by Crippen LogP contribution is -2.47. The maximum Gasteiger partial charge on any atom is 0.211 e. The third kappa shape index (κ3) is 4.06. The zero-order valence-electron chi connectivity index (χ0n) is 9.15. The van der Waals surface area contributed by atoms with Gasteiger partial charge in [-0.3, -0.25) is 0 Å². The summed E-state index contributed by atoms with van der Waals surface area (Å²) >= 11 is 0. The number of hydrogen-bond donors (Lipinski definition) is 3. The van der Waals surface area contributed by atoms with E-state index in [9.17, 15) is 8.42 Å². The van der Waals surface area contributed by atoms with Crippen LogP contribution in [0.5, 0.6) is 0 Å². The van der Waals surface area contributed by atoms with Crippen LogP contribution in [-0.2, 0) is 10.0 Å². The van der Waals surface area contributed by atoms with Gasteiger partial charge in [-0.05, 0) is 32.1 Å². The van der Waals surface area contributed by atoms with Crippen LogP contribution in [0.4, 0.5) is 0 Å². The summed E-state index contributed by atoms with van der Waals surface area (Å²) in [5.41, 5.74) is 11.6. The van der Waals surface area contributed by atoms with Gasteiger partial charge >= 0.3 is 0 Å². The molecular weight excluding hydrogens is 214 g/mol. The fraction of sp³-hybridized carbons (Fsp3) is 1.00. The lowest BCUT2D eigenvalue weighted by atomic mass is 9.83. The van der Waals surface area contributed by atoms with Crippen LogP contribution in [0.3, 0.4) is 0 Å². The second-order valence-electron chi connectivity index (χ2n) is 4.26. The normalized spacial score (nSPS) is 32.9. The molecule has 5 nitrogen and oxygen atoms in total. The summed E-state index contributed by atoms with van der Waals surface area (Å²) in [6, 6.07) is 0.0823. The van der Waals surface area contributed by atoms with Gasteiger partial charge in [0.2, 0.25) is 10.0 Å². The molecule has 1 fully saturated rings. The molecule has 6 heteroatoms. The average molecular weight is 235 g/mol. The first-order valence-corrected chi connectivity index (χ1v) is 7.08. The van der Waals surface area contributed by atoms with E-state index in [-0.39, 0.29) is 17.8 Å². The summed E-state index contributed by atoms with van der Waals surface area (Å²) < 4.78 is 25.0. The molecule has 0 aromatic heterocycles. The number of nitrogens with two attached hydrogens (primary N) is 2. The van der Waals surface area contributed by atoms with Crippen molar-refractivity contribution in [2.45, 2.75) is 38.3 Å². The van der Waals surface area contributed by atoms with Gasteiger partial charge in [-0.15, -0.1) is 0 Å². The third-order valence-electron chi connectivity index (χ3n) is 3.04. The summed E-state index contributed by atoms with van der Waals surface area (Å²) in [6.45, 7) is 2.13. The van der Waals surface area contributed by atoms with Crippen molar-refractivity contribution in [3.63, 3.8) is 0 Å². The lowest BCUT2D eigenvalue weighted by Gasteiger charge is -2.31. The van der Waals surface area contributed by atoms with Crippen LogP contribution in [0.25, 0.3) is 0 Å². The van der Waals surface area contributed by atoms with Crippen LogP contribution in [0.15, 0.2) is 0 Å². The highest BCUT2D eigenvalue weighted by atomic mass is 32.2. The SMILES string of the molecule is CCS(=O)(=O)NCC1CC[C@H](N)[C@H](N)C1. The Bertz CT molecular complexity index is 292. The Balaban J connectivity index is 2.35. The molecule has 0 spiro atoms. The van der Waals surface area contributed by atoms with Gasteiger partial charge < -0.3 is 11.5 Å². The van der Waals surface area contributed by atoms with E-state index in [0.717, 1.165) is 19.3 Å². The van der Waals surface area contributed by atoms with Gasteiger partial charge in [0.05, 0.1) is 5.75 Å². The number of hydrogen-bond acceptors (Lipinski definition) is 4. The van der Waals surface area contributed by atoms with Crippen molar-refractivity contribution >= 4 is 10.0 Å². The summed E-state index contributed by atoms with van der Waals surface area (Å²) in [5, 5.41) is 0. The molecule has 0 heterocycles. The molecule has 90 valence electrons. The Kier molecular flexibility index (Phi) is 4.51. The van der Waals surface area contributed by atoms with Gasteiger partial charge in [0.15, 0.2) is 0 Å². The van der Waals surface area contributed by atoms with Crippen LogP contribution < -0.4 is 16.2 Å². The van der Waals surface area contributed by atoms with E-state index >= 15 is 0 Å². The van der Waals surface area contributed by atoms with Crippen molar-refractivity contribution in [3.8, 4) is 0 Å². The largest absolute Gasteiger partial charge is 0.326 e. The van der Waals surface area contributed by atoms with E-state index in [0.29, 0.717) is 12.5 Å². The predicted molar refractivity (Wildman–Crippen MR) is 60.8 cm³/mol. The minimum absolute atomic E-state index is 0.00915. The Labute approximate surface area is 91.6 Å². The van der Waals surface area contributed by atoms with Crippen molar-refractivity contribution in [2.75, 3.05) is 12.3 Å². The molecule has 0 bridgehead atoms. The predicted octanol–water partition coefficient (Wildman–Crippen LogP) is -0.620. The second kappa shape index (κ2) is 5.25. The molecule has 0 amide bonds. The van der Waals surface area contributed by atoms with Crippen LogP contribution in [0.2, 0.25) is 0 Å². The first kappa shape index (κ1) is 12.9. The summed E-state index contributed by atoms with van der Waals surface area (Å²) in [7, 11) is -3.07. The maximum atomic E-state index is 11.2. The van der Waals surface area contributed by atoms with Crippen LogP contribution in [-0.4, -0.2) is 32.8 Å². The van der Waals surface area contributed by atoms with Crippen molar-refractivity contribution < 1.29 is 8.42 Å². The highest BCUT2D eigenvalue weighted by molar-refractivity contribution is 7.89. The van der Waals surface area contributed by atoms with Crippen molar-refractivity contribution in [3.05, 3.63) is 0 Å². The lowest BCUT2D eigenvalue weighted by molar-refractivity contribution is 0.290. The molecule has 0 aliphatic heterocycles. The maximum absolute atomic E-state index is 11.2. The molecule has 1 unspecified atom stereocenters. The standard InChI is InChI=1S/C9H21N3O2S/c1-2-15(13,14)12-6-7-3-4-8(10)9(11)5-7/h7-9,12H,2-6,10-11H2,1H3/t7?,8-,9+/m0/s1. The van der Waals surface area contributed by atoms with Gasteiger partial charge in [0.25, 0.3) is 0 Å². The smallest absolute Gasteiger partial charge is 0.211 e. The van der Waals surface area contributed by atoms with Crippen molar-refractivity contribution in [2.24, 2.45) is 17.4 Å². The van der Waals surface area contributed by atoms with E-state index in [1.165, 1.54) is 0 Å². The van der Waals surface area contributed by atoms with Crippen LogP contribution in [0, 0.1) is 5.92 Å². The fourth-order valence-electron chi connectivity index (χ4n) is 1.85. The third-order valence-corrected chi connectivity index (χ3v) is 4.40. The van der Waals surface area contributed by atoms with E-state index in [1.807, 2.05) is 0 Å². The van der Waals surface area contributed by atoms with Gasteiger partial charge in [-0.2, -0.15) is 0 Å². The molecule has 3 atom stereocenters. The van der Waals surface area contributed by atoms with E-state index in [2.05, 4.69) is 4.72 Å². The Morgan fingerprint density at radius 1 is 1.27 bits per heavy atom. The molecule has 0 saturated heterocycles. The Hall–Kier alpha value is -0.170. The highest BCUT2D eigenvalue weighted by Gasteiger charge is 2.25. The van der Waals surface area contributed by atoms with E-state index < -0.39 is 10.0 Å². The molecule has 1 aliphatic rings. The molecule has 1 aliphatic carbocycles. The average Bonchev–Trinajstić information content (AvgIpc) is 2.20. The second-order valence-corrected chi connectivity index (χ2v) is 6.35. The van der Waals surface area contributed by atoms with Crippen molar-refractivity contribution in [1.29, 1.82) is 0 Å². The van der Waals surface area contributed by atoms with Gasteiger partial charge in [-0.25, -0.2) is 13.1 Å². The zero-order valence-corrected chi connectivity index (χ0v) is 9.96. The van der Waals surface area contributed by atoms with Crippen LogP contribution >= 0.6 is 0 Å². The quantitative estimate of drug-likeness (QED) is 0.605. The van der Waals surface area contributed by atoms with E-state index in [4.69, 9.17) is 11.5 Å². The summed E-state index contributed by atoms with van der Waals surface area (Å²) in [4.78, 5) is 0. The molecule has 5 N–H and O–H groups in total. The Morgan fingerprint density at radius 2 is 1.93 bits per heavy atom. The molecule has 15 heavy (non-hydrogen) atoms. The van der Waals surface area contributed by atoms with Gasteiger partial charge in [0, 0.05) is 18.6 Å². The van der Waals surface area contributed by atoms with Crippen molar-refractivity contribution in [1.82, 2.24) is 4.72 Å². The fourth-order valence-corrected chi connectivity index (χ4v) is 2.55. The number of rotatable bonds is 4. The zero-order chi connectivity index (χ0) is 11.5. The first-order valence-electron chi connectivity index (χ1n) is 5.43. The summed E-state index contributed by atoms with van der Waals surface area (Å²) in [5.74, 6) is 0.465.